The van der Waals surface area contributed by atoms with Crippen LogP contribution in [0, 0.1) is 0 Å². The molecule has 7 nitrogen and oxygen atoms in total. The number of carbonyl (C=O) groups is 1. The van der Waals surface area contributed by atoms with Crippen LogP contribution < -0.4 is 19.5 Å². The summed E-state index contributed by atoms with van der Waals surface area (Å²) in [6.45, 7) is 5.44. The maximum Gasteiger partial charge on any atom is 0.255 e. The summed E-state index contributed by atoms with van der Waals surface area (Å²) in [7, 11) is 3.21. The van der Waals surface area contributed by atoms with Gasteiger partial charge in [0.15, 0.2) is 11.5 Å². The van der Waals surface area contributed by atoms with Crippen LogP contribution in [0.2, 0.25) is 0 Å². The van der Waals surface area contributed by atoms with Crippen LogP contribution in [0.1, 0.15) is 34.6 Å². The van der Waals surface area contributed by atoms with Crippen LogP contribution in [0.25, 0.3) is 11.0 Å². The third-order valence-corrected chi connectivity index (χ3v) is 6.13. The zero-order chi connectivity index (χ0) is 26.0. The number of unbranched alkanes of at least 4 members (excludes halogenated alkanes) is 1. The lowest BCUT2D eigenvalue weighted by atomic mass is 10.1. The van der Waals surface area contributed by atoms with Crippen molar-refractivity contribution in [1.82, 2.24) is 14.9 Å². The Morgan fingerprint density at radius 3 is 2.57 bits per heavy atom. The summed E-state index contributed by atoms with van der Waals surface area (Å²) < 4.78 is 19.0. The molecule has 0 saturated heterocycles. The van der Waals surface area contributed by atoms with Gasteiger partial charge in [0.2, 0.25) is 0 Å². The number of aryl methyl sites for hydroxylation is 1. The van der Waals surface area contributed by atoms with E-state index < -0.39 is 0 Å². The molecule has 0 aliphatic carbocycles. The Bertz CT molecular complexity index is 1360. The highest BCUT2D eigenvalue weighted by molar-refractivity contribution is 5.96. The Labute approximate surface area is 217 Å². The van der Waals surface area contributed by atoms with E-state index in [2.05, 4.69) is 22.5 Å². The van der Waals surface area contributed by atoms with Crippen molar-refractivity contribution in [3.8, 4) is 17.2 Å². The number of allylic oxidation sites excluding steroid dienone is 1. The van der Waals surface area contributed by atoms with Crippen molar-refractivity contribution < 1.29 is 19.0 Å². The quantitative estimate of drug-likeness (QED) is 0.192. The molecule has 4 rings (SSSR count). The van der Waals surface area contributed by atoms with Gasteiger partial charge in [-0.2, -0.15) is 0 Å². The summed E-state index contributed by atoms with van der Waals surface area (Å²) in [5.74, 6) is 2.62. The van der Waals surface area contributed by atoms with Gasteiger partial charge in [0.1, 0.15) is 11.6 Å². The number of methoxy groups -OCH3 is 2. The number of hydrogen-bond acceptors (Lipinski definition) is 5. The van der Waals surface area contributed by atoms with Gasteiger partial charge in [-0.25, -0.2) is 4.98 Å². The summed E-state index contributed by atoms with van der Waals surface area (Å²) >= 11 is 0. The minimum absolute atomic E-state index is 0.197. The van der Waals surface area contributed by atoms with Gasteiger partial charge in [0, 0.05) is 6.54 Å². The summed E-state index contributed by atoms with van der Waals surface area (Å²) in [6.07, 6.45) is 4.41. The molecule has 1 aromatic heterocycles. The number of imidazole rings is 1. The lowest BCUT2D eigenvalue weighted by Crippen LogP contribution is -2.25. The molecule has 0 saturated carbocycles. The smallest absolute Gasteiger partial charge is 0.255 e. The Balaban J connectivity index is 1.37. The van der Waals surface area contributed by atoms with E-state index in [0.29, 0.717) is 24.5 Å². The molecule has 0 radical (unpaired) electrons. The van der Waals surface area contributed by atoms with E-state index in [9.17, 15) is 4.79 Å². The van der Waals surface area contributed by atoms with Gasteiger partial charge < -0.3 is 24.1 Å². The summed E-state index contributed by atoms with van der Waals surface area (Å²) in [6, 6.07) is 21.2. The van der Waals surface area contributed by atoms with E-state index in [4.69, 9.17) is 19.2 Å². The van der Waals surface area contributed by atoms with Crippen molar-refractivity contribution in [2.24, 2.45) is 0 Å². The van der Waals surface area contributed by atoms with Gasteiger partial charge in [-0.05, 0) is 61.2 Å². The normalized spacial score (nSPS) is 10.8. The zero-order valence-corrected chi connectivity index (χ0v) is 21.4. The summed E-state index contributed by atoms with van der Waals surface area (Å²) in [4.78, 5) is 17.6. The van der Waals surface area contributed by atoms with E-state index in [0.717, 1.165) is 59.7 Å². The topological polar surface area (TPSA) is 74.6 Å². The Morgan fingerprint density at radius 2 is 1.76 bits per heavy atom. The van der Waals surface area contributed by atoms with E-state index in [1.54, 1.807) is 26.4 Å². The number of fused-ring (bicyclic) bond motifs is 1. The Kier molecular flexibility index (Phi) is 8.81. The highest BCUT2D eigenvalue weighted by atomic mass is 16.5. The molecule has 0 bridgehead atoms. The van der Waals surface area contributed by atoms with Gasteiger partial charge in [0.05, 0.1) is 44.0 Å². The van der Waals surface area contributed by atoms with Crippen molar-refractivity contribution >= 4 is 16.9 Å². The molecule has 37 heavy (non-hydrogen) atoms. The van der Waals surface area contributed by atoms with E-state index in [1.165, 1.54) is 0 Å². The molecule has 1 N–H and O–H groups in total. The lowest BCUT2D eigenvalue weighted by molar-refractivity contribution is 0.0946. The van der Waals surface area contributed by atoms with Crippen molar-refractivity contribution in [2.75, 3.05) is 20.8 Å². The highest BCUT2D eigenvalue weighted by Crippen LogP contribution is 2.28. The van der Waals surface area contributed by atoms with E-state index >= 15 is 0 Å². The molecule has 4 aromatic rings. The average molecular weight is 500 g/mol. The number of rotatable bonds is 13. The zero-order valence-electron chi connectivity index (χ0n) is 21.4. The molecule has 0 atom stereocenters. The number of amides is 1. The number of nitrogens with one attached hydrogen (secondary N) is 1. The number of aromatic nitrogens is 2. The average Bonchev–Trinajstić information content (AvgIpc) is 3.29. The van der Waals surface area contributed by atoms with Crippen LogP contribution in [-0.4, -0.2) is 36.3 Å². The maximum absolute atomic E-state index is 12.8. The fourth-order valence-corrected chi connectivity index (χ4v) is 4.28. The first-order chi connectivity index (χ1) is 18.1. The molecule has 3 aromatic carbocycles. The molecular formula is C30H33N3O4. The van der Waals surface area contributed by atoms with E-state index in [1.807, 2.05) is 54.6 Å². The van der Waals surface area contributed by atoms with Gasteiger partial charge >= 0.3 is 0 Å². The van der Waals surface area contributed by atoms with E-state index in [-0.39, 0.29) is 5.91 Å². The fourth-order valence-electron chi connectivity index (χ4n) is 4.28. The molecule has 1 amide bonds. The molecule has 7 heteroatoms. The number of hydrogen-bond donors (Lipinski definition) is 1. The van der Waals surface area contributed by atoms with Gasteiger partial charge in [-0.1, -0.05) is 36.4 Å². The number of carbonyl (C=O) groups excluding carboxylic acids is 1. The number of para-hydroxylation sites is 3. The van der Waals surface area contributed by atoms with Crippen molar-refractivity contribution in [1.29, 1.82) is 0 Å². The van der Waals surface area contributed by atoms with Gasteiger partial charge in [-0.15, -0.1) is 6.58 Å². The number of ether oxygens (including phenoxy) is 3. The number of nitrogens with zero attached hydrogens (tertiary/aromatic N) is 2. The molecule has 0 aliphatic rings. The second kappa shape index (κ2) is 12.6. The van der Waals surface area contributed by atoms with Crippen molar-refractivity contribution in [3.05, 3.63) is 96.3 Å². The molecule has 0 unspecified atom stereocenters. The second-order valence-corrected chi connectivity index (χ2v) is 8.58. The Hall–Kier alpha value is -4.26. The first-order valence-electron chi connectivity index (χ1n) is 12.4. The predicted octanol–water partition coefficient (Wildman–Crippen LogP) is 5.57. The molecule has 0 aliphatic heterocycles. The molecule has 0 fully saturated rings. The third-order valence-electron chi connectivity index (χ3n) is 6.13. The highest BCUT2D eigenvalue weighted by Gasteiger charge is 2.15. The van der Waals surface area contributed by atoms with Crippen LogP contribution in [0.3, 0.4) is 0 Å². The molecule has 192 valence electrons. The Morgan fingerprint density at radius 1 is 0.973 bits per heavy atom. The summed E-state index contributed by atoms with van der Waals surface area (Å²) in [5.41, 5.74) is 3.59. The second-order valence-electron chi connectivity index (χ2n) is 8.58. The van der Waals surface area contributed by atoms with Crippen molar-refractivity contribution in [2.45, 2.75) is 32.4 Å². The SMILES string of the molecule is C=CCc1ccc(OCCCCn2c(CNC(=O)c3ccccc3OC)nc3ccccc32)c(OC)c1. The first kappa shape index (κ1) is 25.8. The third kappa shape index (κ3) is 6.30. The van der Waals surface area contributed by atoms with Crippen LogP contribution in [0.15, 0.2) is 79.4 Å². The minimum Gasteiger partial charge on any atom is -0.496 e. The minimum atomic E-state index is -0.197. The standard InChI is InChI=1S/C30H33N3O4/c1-4-11-22-16-17-27(28(20-22)36-3)37-19-10-9-18-33-25-14-7-6-13-24(25)32-29(33)21-31-30(34)23-12-5-8-15-26(23)35-2/h4-8,12-17,20H,1,9-11,18-19,21H2,2-3H3,(H,31,34). The predicted molar refractivity (Wildman–Crippen MR) is 146 cm³/mol. The first-order valence-corrected chi connectivity index (χ1v) is 12.4. The summed E-state index contributed by atoms with van der Waals surface area (Å²) in [5, 5.41) is 2.99. The van der Waals surface area contributed by atoms with Crippen molar-refractivity contribution in [3.63, 3.8) is 0 Å². The largest absolute Gasteiger partial charge is 0.496 e. The van der Waals surface area contributed by atoms with Gasteiger partial charge in [0.25, 0.3) is 5.91 Å². The van der Waals surface area contributed by atoms with Gasteiger partial charge in [-0.3, -0.25) is 4.79 Å². The van der Waals surface area contributed by atoms with Crippen LogP contribution in [0.5, 0.6) is 17.2 Å². The molecular weight excluding hydrogens is 466 g/mol. The maximum atomic E-state index is 12.8. The molecule has 0 spiro atoms. The van der Waals surface area contributed by atoms with Crippen LogP contribution in [0.4, 0.5) is 0 Å². The lowest BCUT2D eigenvalue weighted by Gasteiger charge is -2.13. The fraction of sp³-hybridized carbons (Fsp3) is 0.267. The number of benzene rings is 3. The molecule has 1 heterocycles. The van der Waals surface area contributed by atoms with Crippen LogP contribution >= 0.6 is 0 Å². The van der Waals surface area contributed by atoms with Crippen LogP contribution in [-0.2, 0) is 19.5 Å². The monoisotopic (exact) mass is 499 g/mol.